The van der Waals surface area contributed by atoms with Crippen LogP contribution in [0.25, 0.3) is 0 Å². The first kappa shape index (κ1) is 128. The molecular weight excluding hydrogens is 1930 g/mol. The maximum absolute atomic E-state index is 6.46. The monoisotopic (exact) mass is 2110 g/mol. The van der Waals surface area contributed by atoms with Gasteiger partial charge in [0.05, 0.1) is 118 Å². The largest absolute Gasteiger partial charge is 0.699 e. The van der Waals surface area contributed by atoms with Crippen LogP contribution in [0.15, 0.2) is 91.0 Å². The van der Waals surface area contributed by atoms with Crippen LogP contribution in [0.1, 0.15) is 99.3 Å². The lowest BCUT2D eigenvalue weighted by molar-refractivity contribution is 0.0541. The molecule has 8 atom stereocenters. The fourth-order valence-electron chi connectivity index (χ4n) is 12.3. The van der Waals surface area contributed by atoms with E-state index in [2.05, 4.69) is 40.4 Å². The van der Waals surface area contributed by atoms with Gasteiger partial charge in [-0.15, -0.1) is 0 Å². The Hall–Kier alpha value is -2.56. The van der Waals surface area contributed by atoms with E-state index in [4.69, 9.17) is 169 Å². The third-order valence-electron chi connectivity index (χ3n) is 21.5. The van der Waals surface area contributed by atoms with E-state index in [1.165, 1.54) is 6.04 Å². The highest BCUT2D eigenvalue weighted by Gasteiger charge is 2.50. The summed E-state index contributed by atoms with van der Waals surface area (Å²) in [6.07, 6.45) is 11.5. The van der Waals surface area contributed by atoms with Gasteiger partial charge in [0.15, 0.2) is 8.32 Å². The smallest absolute Gasteiger partial charge is 0.483 e. The minimum Gasteiger partial charge on any atom is -0.483 e. The van der Waals surface area contributed by atoms with E-state index < -0.39 is 69.7 Å². The summed E-state index contributed by atoms with van der Waals surface area (Å²) in [5.41, 5.74) is 0. The molecular formula is C93H178O37Si8. The zero-order valence-corrected chi connectivity index (χ0v) is 95.4. The molecule has 0 spiro atoms. The molecule has 37 nitrogen and oxygen atoms in total. The molecule has 0 N–H and O–H groups in total. The van der Waals surface area contributed by atoms with Crippen LogP contribution in [0, 0.1) is 0 Å². The highest BCUT2D eigenvalue weighted by molar-refractivity contribution is 6.71. The Morgan fingerprint density at radius 2 is 0.464 bits per heavy atom. The number of hydrogen-bond donors (Lipinski definition) is 0. The van der Waals surface area contributed by atoms with E-state index in [-0.39, 0.29) is 12.2 Å². The van der Waals surface area contributed by atoms with Gasteiger partial charge in [-0.2, -0.15) is 0 Å². The Morgan fingerprint density at radius 1 is 0.232 bits per heavy atom. The van der Waals surface area contributed by atoms with E-state index in [0.717, 1.165) is 185 Å². The van der Waals surface area contributed by atoms with E-state index in [1.807, 2.05) is 119 Å². The first-order valence-corrected chi connectivity index (χ1v) is 66.4. The fraction of sp³-hybridized carbons (Fsp3) is 0.806. The number of hydrogen-bond acceptors (Lipinski definition) is 37. The summed E-state index contributed by atoms with van der Waals surface area (Å²) in [6.45, 7) is 39.9. The van der Waals surface area contributed by atoms with Gasteiger partial charge >= 0.3 is 61.4 Å². The van der Waals surface area contributed by atoms with Crippen molar-refractivity contribution >= 4 is 69.7 Å². The summed E-state index contributed by atoms with van der Waals surface area (Å²) in [7, 11) is 0.842. The average Bonchev–Trinajstić information content (AvgIpc) is 1.00. The third-order valence-corrected chi connectivity index (χ3v) is 43.7. The van der Waals surface area contributed by atoms with Crippen molar-refractivity contribution in [2.45, 2.75) is 210 Å². The number of rotatable bonds is 78. The van der Waals surface area contributed by atoms with E-state index >= 15 is 0 Å². The van der Waals surface area contributed by atoms with Crippen molar-refractivity contribution in [2.24, 2.45) is 0 Å². The number of benzene rings is 3. The van der Waals surface area contributed by atoms with Crippen molar-refractivity contribution in [2.75, 3.05) is 283 Å². The van der Waals surface area contributed by atoms with Crippen LogP contribution in [0.4, 0.5) is 0 Å². The van der Waals surface area contributed by atoms with Crippen molar-refractivity contribution < 1.29 is 169 Å². The Kier molecular flexibility index (Phi) is 71.2. The minimum absolute atomic E-state index is 0.258. The lowest BCUT2D eigenvalue weighted by Gasteiger charge is -2.30. The molecule has 3 aromatic rings. The molecule has 0 radical (unpaired) electrons. The Morgan fingerprint density at radius 3 is 0.710 bits per heavy atom. The van der Waals surface area contributed by atoms with Gasteiger partial charge < -0.3 is 169 Å². The Labute approximate surface area is 835 Å². The van der Waals surface area contributed by atoms with Crippen LogP contribution in [-0.2, 0) is 155 Å². The van der Waals surface area contributed by atoms with Gasteiger partial charge in [0.1, 0.15) is 72.3 Å². The van der Waals surface area contributed by atoms with Crippen LogP contribution in [0.3, 0.4) is 0 Å². The van der Waals surface area contributed by atoms with Gasteiger partial charge in [-0.1, -0.05) is 75.4 Å². The van der Waals surface area contributed by atoms with Gasteiger partial charge in [-0.05, 0) is 147 Å². The third kappa shape index (κ3) is 63.2. The molecule has 3 aromatic carbocycles. The molecule has 8 heterocycles. The summed E-state index contributed by atoms with van der Waals surface area (Å²) in [4.78, 5) is 0. The predicted octanol–water partition coefficient (Wildman–Crippen LogP) is 13.4. The zero-order valence-electron chi connectivity index (χ0n) is 87.4. The summed E-state index contributed by atoms with van der Waals surface area (Å²) in [5.74, 6) is 2.18. The molecule has 11 rings (SSSR count). The van der Waals surface area contributed by atoms with Gasteiger partial charge in [-0.25, -0.2) is 0 Å². The molecule has 138 heavy (non-hydrogen) atoms. The molecule has 8 unspecified atom stereocenters. The normalized spacial score (nSPS) is 19.3. The second kappa shape index (κ2) is 76.9. The fourth-order valence-corrected chi connectivity index (χ4v) is 27.1. The molecule has 8 fully saturated rings. The van der Waals surface area contributed by atoms with Gasteiger partial charge in [-0.3, -0.25) is 0 Å². The van der Waals surface area contributed by atoms with Crippen molar-refractivity contribution in [3.8, 4) is 17.2 Å². The van der Waals surface area contributed by atoms with E-state index in [9.17, 15) is 0 Å². The first-order chi connectivity index (χ1) is 67.0. The molecule has 0 saturated carbocycles. The van der Waals surface area contributed by atoms with E-state index in [0.29, 0.717) is 161 Å². The molecule has 0 aromatic heterocycles. The Balaban J connectivity index is 0.000000336. The molecule has 0 bridgehead atoms. The van der Waals surface area contributed by atoms with Gasteiger partial charge in [0.25, 0.3) is 0 Å². The van der Waals surface area contributed by atoms with Crippen LogP contribution in [-0.4, -0.2) is 402 Å². The second-order valence-electron chi connectivity index (χ2n) is 33.6. The lowest BCUT2D eigenvalue weighted by atomic mass is 10.3. The van der Waals surface area contributed by atoms with Crippen molar-refractivity contribution in [3.05, 3.63) is 91.0 Å². The quantitative estimate of drug-likeness (QED) is 0.0288. The molecule has 45 heteroatoms. The minimum atomic E-state index is -3.19. The molecule has 8 aliphatic rings. The van der Waals surface area contributed by atoms with E-state index in [1.54, 1.807) is 78.2 Å². The van der Waals surface area contributed by atoms with Crippen LogP contribution in [0.5, 0.6) is 17.2 Å². The molecule has 804 valence electrons. The van der Waals surface area contributed by atoms with Crippen molar-refractivity contribution in [1.29, 1.82) is 0 Å². The average molecular weight is 2110 g/mol. The molecule has 0 aliphatic carbocycles. The van der Waals surface area contributed by atoms with Crippen LogP contribution < -0.4 is 13.3 Å². The summed E-state index contributed by atoms with van der Waals surface area (Å²) in [5, 5.41) is 0. The lowest BCUT2D eigenvalue weighted by Crippen LogP contribution is -2.55. The maximum atomic E-state index is 6.46. The topological polar surface area (TPSA) is 368 Å². The Bertz CT molecular complexity index is 3100. The summed E-state index contributed by atoms with van der Waals surface area (Å²) in [6, 6.07) is 34.9. The molecule has 8 saturated heterocycles. The summed E-state index contributed by atoms with van der Waals surface area (Å²) >= 11 is 0. The van der Waals surface area contributed by atoms with Gasteiger partial charge in [0.2, 0.25) is 0 Å². The number of epoxide rings is 8. The molecule has 0 amide bonds. The SMILES string of the molecule is CCCO[Si](CCCOCC1CO1)(OCCC)OCCC.CCO[Si](CCCOCC1CO1)(OCC)OCC.CO[Si](C)(C)CCCOCC1CO1.CO[Si](C)(CCCOCC1CO1)OC.CO[Si](CCCOCC1CO1)(OC)OC.CO[Si](CCOCC1CO1)(OC)OC.CO[Si](COCC1CO1)(OC)OC.c1ccc(O[Si](CCCOCC2CO2)(Oc2ccccc2)Oc2ccccc2)cc1. The predicted molar refractivity (Wildman–Crippen MR) is 538 cm³/mol. The number of ether oxygens (including phenoxy) is 16. The maximum Gasteiger partial charge on any atom is 0.699 e. The summed E-state index contributed by atoms with van der Waals surface area (Å²) < 4.78 is 202. The standard InChI is InChI=1S/C24H26O5Si.C15H32O5Si.C12H26O5Si.C9H20O5Si.C9H20O4Si.C9H20O3Si.C8H18O5Si.C7H16O5Si/c1-4-11-21(12-5-1)27-30(28-22-13-6-2-7-14-22,29-23-15-8-3-9-16-23)18-10-17-25-19-24-20-26-24;1-4-8-18-21(19-9-5-2,20-10-6-3)12-7-11-16-13-15-14-17-15;1-4-15-18(16-5-2,17-6-3)9-7-8-13-10-12-11-14-12;1-10-15(11-2,12-3)6-4-5-13-7-9-8-14-9;1-10-14(3,11-2)6-4-5-12-7-9-8-13-9;1-10-13(2,3)6-4-5-11-7-9-8-12-9;1-9-14(10-2,11-3)5-4-12-6-8-7-13-8;1-8-13(9-2,10-3)6-11-4-7-5-12-7/h1-9,11-16,24H,10,17-20H2;15H,4-14H2,1-3H3;12H,4-11H2,1-3H3;9H,4-8H2,1-3H3;9H,4-8H2,1-3H3;9H,4-8H2,1-3H3;8H,4-7H2,1-3H3;7H,4-6H2,1-3H3. The second-order valence-corrected chi connectivity index (χ2v) is 58.6. The highest BCUT2D eigenvalue weighted by atomic mass is 28.4. The van der Waals surface area contributed by atoms with Crippen LogP contribution in [0.2, 0.25) is 61.9 Å². The van der Waals surface area contributed by atoms with Gasteiger partial charge in [0, 0.05) is 189 Å². The van der Waals surface area contributed by atoms with Crippen molar-refractivity contribution in [3.63, 3.8) is 0 Å². The molecule has 8 aliphatic heterocycles. The van der Waals surface area contributed by atoms with Crippen LogP contribution >= 0.6 is 0 Å². The first-order valence-electron chi connectivity index (χ1n) is 49.2. The van der Waals surface area contributed by atoms with Crippen molar-refractivity contribution in [1.82, 2.24) is 0 Å². The zero-order chi connectivity index (χ0) is 101. The number of para-hydroxylation sites is 3. The highest BCUT2D eigenvalue weighted by Crippen LogP contribution is 2.30.